The van der Waals surface area contributed by atoms with E-state index in [-0.39, 0.29) is 58.6 Å². The van der Waals surface area contributed by atoms with Crippen LogP contribution in [0.4, 0.5) is 0 Å². The van der Waals surface area contributed by atoms with E-state index in [0.29, 0.717) is 13.2 Å². The van der Waals surface area contributed by atoms with Crippen molar-refractivity contribution in [3.05, 3.63) is 0 Å². The lowest BCUT2D eigenvalue weighted by Crippen LogP contribution is -2.55. The average Bonchev–Trinajstić information content (AvgIpc) is 3.32. The zero-order chi connectivity index (χ0) is 22.1. The highest BCUT2D eigenvalue weighted by Gasteiger charge is 2.37. The highest BCUT2D eigenvalue weighted by atomic mass is 16.5. The minimum Gasteiger partial charge on any atom is -0.472 e. The number of hydrogen-bond donors (Lipinski definition) is 2. The van der Waals surface area contributed by atoms with Gasteiger partial charge in [-0.15, -0.1) is 0 Å². The summed E-state index contributed by atoms with van der Waals surface area (Å²) in [7, 11) is 0. The molecule has 0 radical (unpaired) electrons. The van der Waals surface area contributed by atoms with Gasteiger partial charge in [0, 0.05) is 12.1 Å². The zero-order valence-corrected chi connectivity index (χ0v) is 19.1. The van der Waals surface area contributed by atoms with Gasteiger partial charge in [0.1, 0.15) is 13.2 Å². The van der Waals surface area contributed by atoms with Gasteiger partial charge in [0.25, 0.3) is 11.8 Å². The van der Waals surface area contributed by atoms with Crippen LogP contribution in [0.1, 0.15) is 67.2 Å². The van der Waals surface area contributed by atoms with Gasteiger partial charge in [0.15, 0.2) is 0 Å². The number of ether oxygens (including phenoxy) is 2. The van der Waals surface area contributed by atoms with Gasteiger partial charge >= 0.3 is 11.8 Å². The van der Waals surface area contributed by atoms with Gasteiger partial charge in [0.2, 0.25) is 0 Å². The van der Waals surface area contributed by atoms with Crippen LogP contribution in [-0.2, 0) is 19.1 Å². The van der Waals surface area contributed by atoms with Gasteiger partial charge in [-0.25, -0.2) is 9.98 Å². The first-order valence-electron chi connectivity index (χ1n) is 11.0. The van der Waals surface area contributed by atoms with Gasteiger partial charge in [-0.2, -0.15) is 0 Å². The fraction of sp³-hybridized carbons (Fsp3) is 0.818. The van der Waals surface area contributed by atoms with E-state index in [2.05, 4.69) is 62.2 Å². The summed E-state index contributed by atoms with van der Waals surface area (Å²) in [5.41, 5.74) is -0.118. The molecule has 168 valence electrons. The van der Waals surface area contributed by atoms with Crippen molar-refractivity contribution in [1.82, 2.24) is 10.6 Å². The van der Waals surface area contributed by atoms with Gasteiger partial charge < -0.3 is 20.1 Å². The Morgan fingerprint density at radius 2 is 1.13 bits per heavy atom. The van der Waals surface area contributed by atoms with Gasteiger partial charge in [-0.05, 0) is 23.7 Å². The second kappa shape index (κ2) is 8.55. The fourth-order valence-corrected chi connectivity index (χ4v) is 3.82. The van der Waals surface area contributed by atoms with Crippen LogP contribution in [0.15, 0.2) is 9.98 Å². The van der Waals surface area contributed by atoms with Gasteiger partial charge in [-0.3, -0.25) is 9.59 Å². The molecule has 2 N–H and O–H groups in total. The maximum Gasteiger partial charge on any atom is 0.306 e. The minimum absolute atomic E-state index is 0.0339. The Bertz CT molecular complexity index is 670. The highest BCUT2D eigenvalue weighted by Crippen LogP contribution is 2.27. The molecule has 1 fully saturated rings. The Morgan fingerprint density at radius 1 is 0.767 bits per heavy atom. The van der Waals surface area contributed by atoms with Crippen molar-refractivity contribution < 1.29 is 19.1 Å². The topological polar surface area (TPSA) is 101 Å². The largest absolute Gasteiger partial charge is 0.472 e. The molecule has 1 aliphatic carbocycles. The van der Waals surface area contributed by atoms with Crippen molar-refractivity contribution in [2.45, 2.75) is 91.4 Å². The summed E-state index contributed by atoms with van der Waals surface area (Å²) in [6, 6.07) is -0.409. The Balaban J connectivity index is 1.60. The van der Waals surface area contributed by atoms with Crippen LogP contribution in [0, 0.1) is 10.8 Å². The molecule has 0 saturated heterocycles. The Kier molecular flexibility index (Phi) is 6.43. The Morgan fingerprint density at radius 3 is 1.43 bits per heavy atom. The van der Waals surface area contributed by atoms with Crippen LogP contribution < -0.4 is 10.6 Å². The average molecular weight is 421 g/mol. The molecule has 0 unspecified atom stereocenters. The predicted octanol–water partition coefficient (Wildman–Crippen LogP) is 2.22. The molecule has 2 heterocycles. The molecule has 3 aliphatic rings. The second-order valence-corrected chi connectivity index (χ2v) is 10.7. The van der Waals surface area contributed by atoms with Crippen molar-refractivity contribution in [1.29, 1.82) is 0 Å². The van der Waals surface area contributed by atoms with Crippen LogP contribution in [0.25, 0.3) is 0 Å². The van der Waals surface area contributed by atoms with E-state index in [4.69, 9.17) is 9.47 Å². The molecule has 0 aromatic heterocycles. The Labute approximate surface area is 179 Å². The van der Waals surface area contributed by atoms with Crippen LogP contribution in [0.5, 0.6) is 0 Å². The molecule has 2 amide bonds. The maximum absolute atomic E-state index is 12.7. The standard InChI is InChI=1S/C22H36N4O4/c1-21(2,3)15-11-29-19(25-15)17(27)23-13-9-7-8-10-14(13)24-18(28)20-26-16(12-30-20)22(4,5)6/h13-16H,7-12H2,1-6H3,(H,23,27)(H,24,28)/t13-,14-,15-,16-/m1/s1. The van der Waals surface area contributed by atoms with E-state index in [1.54, 1.807) is 0 Å². The summed E-state index contributed by atoms with van der Waals surface area (Å²) in [6.07, 6.45) is 3.59. The third-order valence-corrected chi connectivity index (χ3v) is 6.09. The van der Waals surface area contributed by atoms with Crippen LogP contribution in [0.3, 0.4) is 0 Å². The van der Waals surface area contributed by atoms with Crippen molar-refractivity contribution in [3.63, 3.8) is 0 Å². The Hall–Kier alpha value is -2.12. The lowest BCUT2D eigenvalue weighted by molar-refractivity contribution is -0.119. The van der Waals surface area contributed by atoms with E-state index < -0.39 is 0 Å². The smallest absolute Gasteiger partial charge is 0.306 e. The molecule has 0 spiro atoms. The number of carbonyl (C=O) groups is 2. The van der Waals surface area contributed by atoms with Gasteiger partial charge in [-0.1, -0.05) is 54.4 Å². The summed E-state index contributed by atoms with van der Waals surface area (Å²) in [5.74, 6) is -0.338. The normalized spacial score (nSPS) is 29.4. The highest BCUT2D eigenvalue weighted by molar-refractivity contribution is 6.36. The molecule has 3 rings (SSSR count). The van der Waals surface area contributed by atoms with Crippen LogP contribution >= 0.6 is 0 Å². The number of carbonyl (C=O) groups excluding carboxylic acids is 2. The summed E-state index contributed by atoms with van der Waals surface area (Å²) >= 11 is 0. The van der Waals surface area contributed by atoms with E-state index in [9.17, 15) is 9.59 Å². The minimum atomic E-state index is -0.310. The van der Waals surface area contributed by atoms with E-state index in [1.807, 2.05) is 0 Å². The molecular weight excluding hydrogens is 384 g/mol. The first-order valence-corrected chi connectivity index (χ1v) is 11.0. The van der Waals surface area contributed by atoms with Crippen molar-refractivity contribution in [2.24, 2.45) is 20.8 Å². The molecule has 1 saturated carbocycles. The molecule has 0 aromatic rings. The molecule has 8 nitrogen and oxygen atoms in total. The van der Waals surface area contributed by atoms with Crippen molar-refractivity contribution in [3.8, 4) is 0 Å². The number of amides is 2. The first kappa shape index (κ1) is 22.6. The van der Waals surface area contributed by atoms with Crippen molar-refractivity contribution in [2.75, 3.05) is 13.2 Å². The lowest BCUT2D eigenvalue weighted by Gasteiger charge is -2.32. The molecular formula is C22H36N4O4. The lowest BCUT2D eigenvalue weighted by atomic mass is 9.88. The summed E-state index contributed by atoms with van der Waals surface area (Å²) in [6.45, 7) is 13.3. The van der Waals surface area contributed by atoms with Crippen LogP contribution in [-0.4, -0.2) is 61.0 Å². The van der Waals surface area contributed by atoms with E-state index in [0.717, 1.165) is 25.7 Å². The SMILES string of the molecule is CC(C)(C)[C@H]1COC(C(=O)N[C@@H]2CCCC[C@H]2NC(=O)C2=N[C@@H](C(C)(C)C)CO2)=N1. The number of nitrogens with one attached hydrogen (secondary N) is 2. The number of hydrogen-bond acceptors (Lipinski definition) is 6. The summed E-state index contributed by atoms with van der Waals surface area (Å²) < 4.78 is 11.1. The molecule has 0 bridgehead atoms. The summed E-state index contributed by atoms with van der Waals surface area (Å²) in [5, 5.41) is 6.04. The molecule has 2 aliphatic heterocycles. The first-order chi connectivity index (χ1) is 13.9. The van der Waals surface area contributed by atoms with Gasteiger partial charge in [0.05, 0.1) is 12.1 Å². The fourth-order valence-electron chi connectivity index (χ4n) is 3.82. The maximum atomic E-state index is 12.7. The quantitative estimate of drug-likeness (QED) is 0.728. The van der Waals surface area contributed by atoms with E-state index in [1.165, 1.54) is 0 Å². The zero-order valence-electron chi connectivity index (χ0n) is 19.1. The van der Waals surface area contributed by atoms with Crippen molar-refractivity contribution >= 4 is 23.6 Å². The molecule has 8 heteroatoms. The number of aliphatic imine (C=N–C) groups is 2. The third kappa shape index (κ3) is 5.32. The number of nitrogens with zero attached hydrogens (tertiary/aromatic N) is 2. The molecule has 4 atom stereocenters. The second-order valence-electron chi connectivity index (χ2n) is 10.7. The monoisotopic (exact) mass is 420 g/mol. The molecule has 30 heavy (non-hydrogen) atoms. The van der Waals surface area contributed by atoms with Crippen LogP contribution in [0.2, 0.25) is 0 Å². The van der Waals surface area contributed by atoms with E-state index >= 15 is 0 Å². The number of rotatable bonds is 4. The predicted molar refractivity (Wildman–Crippen MR) is 116 cm³/mol. The molecule has 0 aromatic carbocycles. The summed E-state index contributed by atoms with van der Waals surface area (Å²) in [4.78, 5) is 34.3. The third-order valence-electron chi connectivity index (χ3n) is 6.09.